The molecular formula is C17H18F2. The first-order valence-electron chi connectivity index (χ1n) is 6.40. The predicted octanol–water partition coefficient (Wildman–Crippen LogP) is 5.22. The molecule has 0 nitrogen and oxygen atoms in total. The predicted molar refractivity (Wildman–Crippen MR) is 75.0 cm³/mol. The van der Waals surface area contributed by atoms with Crippen LogP contribution in [0.15, 0.2) is 42.5 Å². The van der Waals surface area contributed by atoms with E-state index in [9.17, 15) is 8.78 Å². The molecule has 0 saturated carbocycles. The molecule has 19 heavy (non-hydrogen) atoms. The third kappa shape index (κ3) is 3.40. The Kier molecular flexibility index (Phi) is 3.70. The fourth-order valence-electron chi connectivity index (χ4n) is 2.19. The van der Waals surface area contributed by atoms with Gasteiger partial charge in [-0.25, -0.2) is 8.78 Å². The van der Waals surface area contributed by atoms with Crippen LogP contribution < -0.4 is 0 Å². The van der Waals surface area contributed by atoms with E-state index in [-0.39, 0.29) is 5.41 Å². The Morgan fingerprint density at radius 1 is 0.895 bits per heavy atom. The van der Waals surface area contributed by atoms with Crippen molar-refractivity contribution in [2.24, 2.45) is 5.41 Å². The van der Waals surface area contributed by atoms with E-state index in [4.69, 9.17) is 0 Å². The molecule has 0 spiro atoms. The van der Waals surface area contributed by atoms with E-state index < -0.39 is 11.6 Å². The molecule has 0 N–H and O–H groups in total. The summed E-state index contributed by atoms with van der Waals surface area (Å²) in [6, 6.07) is 12.0. The molecule has 0 heterocycles. The Bertz CT molecular complexity index is 580. The Hall–Kier alpha value is -1.70. The largest absolute Gasteiger partial charge is 0.204 e. The summed E-state index contributed by atoms with van der Waals surface area (Å²) in [5, 5.41) is 0. The zero-order chi connectivity index (χ0) is 14.0. The molecule has 2 heteroatoms. The monoisotopic (exact) mass is 260 g/mol. The lowest BCUT2D eigenvalue weighted by molar-refractivity contribution is 0.411. The highest BCUT2D eigenvalue weighted by atomic mass is 19.2. The van der Waals surface area contributed by atoms with Crippen LogP contribution in [0.25, 0.3) is 11.1 Å². The third-order valence-electron chi connectivity index (χ3n) is 2.97. The van der Waals surface area contributed by atoms with Crippen LogP contribution in [0.3, 0.4) is 0 Å². The fourth-order valence-corrected chi connectivity index (χ4v) is 2.19. The average molecular weight is 260 g/mol. The molecule has 0 aromatic heterocycles. The maximum atomic E-state index is 13.4. The van der Waals surface area contributed by atoms with E-state index >= 15 is 0 Å². The minimum atomic E-state index is -0.808. The van der Waals surface area contributed by atoms with Gasteiger partial charge >= 0.3 is 0 Å². The second-order valence-corrected chi connectivity index (χ2v) is 6.02. The number of halogens is 2. The second kappa shape index (κ2) is 5.12. The highest BCUT2D eigenvalue weighted by Gasteiger charge is 2.15. The van der Waals surface area contributed by atoms with Crippen LogP contribution in [0.5, 0.6) is 0 Å². The SMILES string of the molecule is CC(C)(C)Cc1ccccc1-c1ccc(F)c(F)c1. The molecule has 0 unspecified atom stereocenters. The highest BCUT2D eigenvalue weighted by molar-refractivity contribution is 5.67. The van der Waals surface area contributed by atoms with Crippen molar-refractivity contribution in [3.05, 3.63) is 59.7 Å². The van der Waals surface area contributed by atoms with Crippen LogP contribution >= 0.6 is 0 Å². The van der Waals surface area contributed by atoms with Crippen molar-refractivity contribution in [1.29, 1.82) is 0 Å². The van der Waals surface area contributed by atoms with Gasteiger partial charge in [0.25, 0.3) is 0 Å². The van der Waals surface area contributed by atoms with Crippen LogP contribution in [-0.2, 0) is 6.42 Å². The van der Waals surface area contributed by atoms with Gasteiger partial charge in [-0.1, -0.05) is 51.1 Å². The first-order valence-corrected chi connectivity index (χ1v) is 6.40. The normalized spacial score (nSPS) is 11.6. The van der Waals surface area contributed by atoms with Crippen molar-refractivity contribution in [1.82, 2.24) is 0 Å². The van der Waals surface area contributed by atoms with Gasteiger partial charge < -0.3 is 0 Å². The zero-order valence-electron chi connectivity index (χ0n) is 11.5. The molecule has 2 aromatic carbocycles. The quantitative estimate of drug-likeness (QED) is 0.694. The smallest absolute Gasteiger partial charge is 0.159 e. The Balaban J connectivity index is 2.47. The van der Waals surface area contributed by atoms with Crippen molar-refractivity contribution >= 4 is 0 Å². The molecular weight excluding hydrogens is 242 g/mol. The summed E-state index contributed by atoms with van der Waals surface area (Å²) < 4.78 is 26.4. The van der Waals surface area contributed by atoms with Crippen LogP contribution in [0.2, 0.25) is 0 Å². The summed E-state index contributed by atoms with van der Waals surface area (Å²) in [5.41, 5.74) is 2.99. The molecule has 0 amide bonds. The summed E-state index contributed by atoms with van der Waals surface area (Å²) in [4.78, 5) is 0. The molecule has 0 fully saturated rings. The van der Waals surface area contributed by atoms with E-state index in [1.165, 1.54) is 12.1 Å². The van der Waals surface area contributed by atoms with Gasteiger partial charge in [0, 0.05) is 0 Å². The summed E-state index contributed by atoms with van der Waals surface area (Å²) in [6.07, 6.45) is 0.891. The van der Waals surface area contributed by atoms with Gasteiger partial charge in [0.2, 0.25) is 0 Å². The molecule has 2 aromatic rings. The van der Waals surface area contributed by atoms with Gasteiger partial charge in [0.05, 0.1) is 0 Å². The standard InChI is InChI=1S/C17H18F2/c1-17(2,3)11-13-6-4-5-7-14(13)12-8-9-15(18)16(19)10-12/h4-10H,11H2,1-3H3. The van der Waals surface area contributed by atoms with Gasteiger partial charge in [0.1, 0.15) is 0 Å². The van der Waals surface area contributed by atoms with Gasteiger partial charge in [-0.3, -0.25) is 0 Å². The summed E-state index contributed by atoms with van der Waals surface area (Å²) >= 11 is 0. The Morgan fingerprint density at radius 3 is 2.21 bits per heavy atom. The third-order valence-corrected chi connectivity index (χ3v) is 2.97. The lowest BCUT2D eigenvalue weighted by Gasteiger charge is -2.20. The van der Waals surface area contributed by atoms with E-state index in [0.717, 1.165) is 23.1 Å². The lowest BCUT2D eigenvalue weighted by Crippen LogP contribution is -2.10. The van der Waals surface area contributed by atoms with E-state index in [1.54, 1.807) is 6.07 Å². The molecule has 0 bridgehead atoms. The summed E-state index contributed by atoms with van der Waals surface area (Å²) in [5.74, 6) is -1.61. The van der Waals surface area contributed by atoms with Crippen LogP contribution in [0.4, 0.5) is 8.78 Å². The van der Waals surface area contributed by atoms with Crippen LogP contribution in [0, 0.1) is 17.0 Å². The number of hydrogen-bond donors (Lipinski definition) is 0. The van der Waals surface area contributed by atoms with E-state index in [0.29, 0.717) is 0 Å². The molecule has 0 aliphatic carbocycles. The Labute approximate surface area is 113 Å². The van der Waals surface area contributed by atoms with Crippen molar-refractivity contribution in [2.45, 2.75) is 27.2 Å². The summed E-state index contributed by atoms with van der Waals surface area (Å²) in [6.45, 7) is 6.49. The van der Waals surface area contributed by atoms with Crippen molar-refractivity contribution in [3.8, 4) is 11.1 Å². The van der Waals surface area contributed by atoms with Crippen molar-refractivity contribution < 1.29 is 8.78 Å². The maximum absolute atomic E-state index is 13.4. The first kappa shape index (κ1) is 13.7. The second-order valence-electron chi connectivity index (χ2n) is 6.02. The van der Waals surface area contributed by atoms with Gasteiger partial charge in [-0.15, -0.1) is 0 Å². The maximum Gasteiger partial charge on any atom is 0.159 e. The van der Waals surface area contributed by atoms with Gasteiger partial charge in [0.15, 0.2) is 11.6 Å². The summed E-state index contributed by atoms with van der Waals surface area (Å²) in [7, 11) is 0. The Morgan fingerprint density at radius 2 is 1.58 bits per heavy atom. The van der Waals surface area contributed by atoms with Gasteiger partial charge in [-0.2, -0.15) is 0 Å². The minimum Gasteiger partial charge on any atom is -0.204 e. The van der Waals surface area contributed by atoms with Crippen molar-refractivity contribution in [3.63, 3.8) is 0 Å². The molecule has 0 atom stereocenters. The highest BCUT2D eigenvalue weighted by Crippen LogP contribution is 2.30. The van der Waals surface area contributed by atoms with Crippen LogP contribution in [0.1, 0.15) is 26.3 Å². The van der Waals surface area contributed by atoms with Crippen LogP contribution in [-0.4, -0.2) is 0 Å². The first-order chi connectivity index (χ1) is 8.87. The van der Waals surface area contributed by atoms with E-state index in [2.05, 4.69) is 20.8 Å². The molecule has 100 valence electrons. The number of benzene rings is 2. The average Bonchev–Trinajstić information content (AvgIpc) is 2.31. The molecule has 0 aliphatic heterocycles. The zero-order valence-corrected chi connectivity index (χ0v) is 11.5. The molecule has 0 aliphatic rings. The van der Waals surface area contributed by atoms with E-state index in [1.807, 2.05) is 24.3 Å². The van der Waals surface area contributed by atoms with Gasteiger partial charge in [-0.05, 0) is 40.7 Å². The topological polar surface area (TPSA) is 0 Å². The lowest BCUT2D eigenvalue weighted by atomic mass is 9.85. The molecule has 0 radical (unpaired) electrons. The van der Waals surface area contributed by atoms with Crippen molar-refractivity contribution in [2.75, 3.05) is 0 Å². The minimum absolute atomic E-state index is 0.147. The molecule has 0 saturated heterocycles. The number of hydrogen-bond acceptors (Lipinski definition) is 0. The fraction of sp³-hybridized carbons (Fsp3) is 0.294. The number of rotatable bonds is 2. The molecule has 2 rings (SSSR count).